The molecule has 1 saturated carbocycles. The second-order valence-electron chi connectivity index (χ2n) is 6.74. The lowest BCUT2D eigenvalue weighted by Crippen LogP contribution is -2.33. The summed E-state index contributed by atoms with van der Waals surface area (Å²) in [5, 5.41) is 7.29. The molecule has 1 N–H and O–H groups in total. The van der Waals surface area contributed by atoms with Crippen molar-refractivity contribution in [1.82, 2.24) is 19.7 Å². The molecule has 2 heterocycles. The largest absolute Gasteiger partial charge is 0.461 e. The zero-order valence-electron chi connectivity index (χ0n) is 15.4. The zero-order valence-corrected chi connectivity index (χ0v) is 16.2. The number of carbonyl (C=O) groups is 1. The molecule has 1 aliphatic rings. The summed E-state index contributed by atoms with van der Waals surface area (Å²) in [4.78, 5) is 24.7. The Morgan fingerprint density at radius 1 is 1.21 bits per heavy atom. The number of nitrogens with one attached hydrogen (secondary N) is 1. The zero-order chi connectivity index (χ0) is 19.3. The summed E-state index contributed by atoms with van der Waals surface area (Å²) in [6, 6.07) is 13.8. The fourth-order valence-corrected chi connectivity index (χ4v) is 3.81. The van der Waals surface area contributed by atoms with E-state index in [1.807, 2.05) is 30.3 Å². The van der Waals surface area contributed by atoms with Gasteiger partial charge in [-0.1, -0.05) is 30.3 Å². The number of hydrogen-bond acceptors (Lipinski definition) is 5. The van der Waals surface area contributed by atoms with Crippen molar-refractivity contribution in [1.29, 1.82) is 0 Å². The van der Waals surface area contributed by atoms with Gasteiger partial charge in [-0.05, 0) is 30.5 Å². The molecular formula is C20H22N4O3S. The van der Waals surface area contributed by atoms with Crippen LogP contribution < -0.4 is 11.0 Å². The van der Waals surface area contributed by atoms with Crippen molar-refractivity contribution in [3.8, 4) is 11.6 Å². The number of rotatable bonds is 9. The van der Waals surface area contributed by atoms with Crippen LogP contribution in [0.1, 0.15) is 24.4 Å². The van der Waals surface area contributed by atoms with Crippen LogP contribution in [0.4, 0.5) is 0 Å². The first-order valence-electron chi connectivity index (χ1n) is 9.34. The van der Waals surface area contributed by atoms with Crippen LogP contribution in [0.5, 0.6) is 0 Å². The minimum atomic E-state index is -0.151. The van der Waals surface area contributed by atoms with Gasteiger partial charge in [-0.15, -0.1) is 16.9 Å². The Morgan fingerprint density at radius 2 is 2.04 bits per heavy atom. The minimum absolute atomic E-state index is 0.0399. The second kappa shape index (κ2) is 8.52. The Labute approximate surface area is 166 Å². The highest BCUT2D eigenvalue weighted by Gasteiger charge is 2.31. The van der Waals surface area contributed by atoms with E-state index in [0.717, 1.165) is 18.6 Å². The average Bonchev–Trinajstić information content (AvgIpc) is 3.28. The Hall–Kier alpha value is -2.74. The van der Waals surface area contributed by atoms with Gasteiger partial charge < -0.3 is 9.73 Å². The highest BCUT2D eigenvalue weighted by atomic mass is 32.2. The van der Waals surface area contributed by atoms with Gasteiger partial charge in [-0.2, -0.15) is 0 Å². The van der Waals surface area contributed by atoms with E-state index in [-0.39, 0.29) is 17.6 Å². The predicted molar refractivity (Wildman–Crippen MR) is 108 cm³/mol. The van der Waals surface area contributed by atoms with Gasteiger partial charge in [-0.25, -0.2) is 9.48 Å². The molecule has 3 aromatic rings. The molecule has 0 saturated heterocycles. The van der Waals surface area contributed by atoms with Gasteiger partial charge in [0.2, 0.25) is 11.7 Å². The quantitative estimate of drug-likeness (QED) is 0.599. The van der Waals surface area contributed by atoms with Crippen molar-refractivity contribution >= 4 is 17.7 Å². The molecule has 1 aliphatic carbocycles. The smallest absolute Gasteiger partial charge is 0.346 e. The van der Waals surface area contributed by atoms with Crippen LogP contribution >= 0.6 is 11.8 Å². The molecule has 7 nitrogen and oxygen atoms in total. The summed E-state index contributed by atoms with van der Waals surface area (Å²) in [5.41, 5.74) is 1.05. The van der Waals surface area contributed by atoms with Crippen molar-refractivity contribution < 1.29 is 9.21 Å². The van der Waals surface area contributed by atoms with Gasteiger partial charge in [0, 0.05) is 18.3 Å². The first kappa shape index (κ1) is 18.6. The van der Waals surface area contributed by atoms with E-state index in [2.05, 4.69) is 10.4 Å². The molecule has 146 valence electrons. The van der Waals surface area contributed by atoms with Crippen LogP contribution in [0.2, 0.25) is 0 Å². The number of carbonyl (C=O) groups excluding carboxylic acids is 1. The number of nitrogens with zero attached hydrogens (tertiary/aromatic N) is 3. The third-order valence-corrected chi connectivity index (χ3v) is 5.52. The highest BCUT2D eigenvalue weighted by molar-refractivity contribution is 7.99. The molecular weight excluding hydrogens is 376 g/mol. The van der Waals surface area contributed by atoms with Crippen LogP contribution in [0.3, 0.4) is 0 Å². The summed E-state index contributed by atoms with van der Waals surface area (Å²) in [6.45, 7) is 0.700. The van der Waals surface area contributed by atoms with E-state index < -0.39 is 0 Å². The summed E-state index contributed by atoms with van der Waals surface area (Å²) in [5.74, 6) is 2.29. The molecule has 28 heavy (non-hydrogen) atoms. The number of amides is 1. The lowest BCUT2D eigenvalue weighted by atomic mass is 10.2. The fourth-order valence-electron chi connectivity index (χ4n) is 2.99. The highest BCUT2D eigenvalue weighted by Crippen LogP contribution is 2.36. The Kier molecular flexibility index (Phi) is 5.66. The first-order valence-corrected chi connectivity index (χ1v) is 10.5. The maximum absolute atomic E-state index is 12.7. The summed E-state index contributed by atoms with van der Waals surface area (Å²) < 4.78 is 8.54. The third-order valence-electron chi connectivity index (χ3n) is 4.51. The summed E-state index contributed by atoms with van der Waals surface area (Å²) >= 11 is 1.57. The van der Waals surface area contributed by atoms with E-state index in [1.54, 1.807) is 34.7 Å². The number of hydrogen-bond donors (Lipinski definition) is 1. The van der Waals surface area contributed by atoms with E-state index in [9.17, 15) is 9.59 Å². The third kappa shape index (κ3) is 4.39. The average molecular weight is 398 g/mol. The second-order valence-corrected chi connectivity index (χ2v) is 7.72. The molecule has 1 fully saturated rings. The van der Waals surface area contributed by atoms with Gasteiger partial charge in [-0.3, -0.25) is 9.36 Å². The summed E-state index contributed by atoms with van der Waals surface area (Å²) in [7, 11) is 0. The monoisotopic (exact) mass is 398 g/mol. The molecule has 0 aliphatic heterocycles. The van der Waals surface area contributed by atoms with Crippen molar-refractivity contribution in [3.63, 3.8) is 0 Å². The van der Waals surface area contributed by atoms with E-state index in [4.69, 9.17) is 4.42 Å². The van der Waals surface area contributed by atoms with Gasteiger partial charge in [0.1, 0.15) is 0 Å². The standard InChI is InChI=1S/C20H22N4O3S/c25-18(14-28-13-15-5-2-1-3-6-15)21-10-11-23-20(26)24(16-8-9-16)19(22-23)17-7-4-12-27-17/h1-7,12,16H,8-11,13-14H2,(H,21,25). The maximum atomic E-state index is 12.7. The van der Waals surface area contributed by atoms with Crippen LogP contribution in [0.25, 0.3) is 11.6 Å². The van der Waals surface area contributed by atoms with Crippen LogP contribution in [0, 0.1) is 0 Å². The van der Waals surface area contributed by atoms with E-state index >= 15 is 0 Å². The molecule has 8 heteroatoms. The molecule has 0 radical (unpaired) electrons. The first-order chi connectivity index (χ1) is 13.7. The van der Waals surface area contributed by atoms with Crippen LogP contribution in [-0.2, 0) is 17.1 Å². The molecule has 0 spiro atoms. The van der Waals surface area contributed by atoms with E-state index in [0.29, 0.717) is 30.4 Å². The van der Waals surface area contributed by atoms with E-state index in [1.165, 1.54) is 10.2 Å². The Balaban J connectivity index is 1.30. The molecule has 0 unspecified atom stereocenters. The SMILES string of the molecule is O=C(CSCc1ccccc1)NCCn1nc(-c2ccco2)n(C2CC2)c1=O. The van der Waals surface area contributed by atoms with Crippen LogP contribution in [0.15, 0.2) is 57.9 Å². The van der Waals surface area contributed by atoms with Crippen molar-refractivity contribution in [2.45, 2.75) is 31.2 Å². The lowest BCUT2D eigenvalue weighted by Gasteiger charge is -2.05. The number of benzene rings is 1. The lowest BCUT2D eigenvalue weighted by molar-refractivity contribution is -0.118. The molecule has 2 aromatic heterocycles. The topological polar surface area (TPSA) is 82.1 Å². The van der Waals surface area contributed by atoms with Gasteiger partial charge in [0.15, 0.2) is 5.76 Å². The molecule has 1 amide bonds. The van der Waals surface area contributed by atoms with Crippen molar-refractivity contribution in [2.75, 3.05) is 12.3 Å². The van der Waals surface area contributed by atoms with Crippen molar-refractivity contribution in [3.05, 3.63) is 64.8 Å². The number of thioether (sulfide) groups is 1. The molecule has 4 rings (SSSR count). The Morgan fingerprint density at radius 3 is 2.75 bits per heavy atom. The van der Waals surface area contributed by atoms with Gasteiger partial charge in [0.25, 0.3) is 0 Å². The Bertz CT molecular complexity index is 975. The van der Waals surface area contributed by atoms with Gasteiger partial charge in [0.05, 0.1) is 18.6 Å². The van der Waals surface area contributed by atoms with Crippen LogP contribution in [-0.4, -0.2) is 32.6 Å². The summed E-state index contributed by atoms with van der Waals surface area (Å²) in [6.07, 6.45) is 3.53. The van der Waals surface area contributed by atoms with Gasteiger partial charge >= 0.3 is 5.69 Å². The normalized spacial score (nSPS) is 13.6. The number of aromatic nitrogens is 3. The number of furan rings is 1. The molecule has 1 aromatic carbocycles. The minimum Gasteiger partial charge on any atom is -0.461 e. The fraction of sp³-hybridized carbons (Fsp3) is 0.350. The maximum Gasteiger partial charge on any atom is 0.346 e. The molecule has 0 atom stereocenters. The van der Waals surface area contributed by atoms with Crippen molar-refractivity contribution in [2.24, 2.45) is 0 Å². The predicted octanol–water partition coefficient (Wildman–Crippen LogP) is 2.69. The molecule has 0 bridgehead atoms.